The van der Waals surface area contributed by atoms with Gasteiger partial charge in [-0.1, -0.05) is 13.8 Å². The Hall–Kier alpha value is -2.11. The number of carboxylic acid groups (broad SMARTS) is 1. The van der Waals surface area contributed by atoms with Crippen LogP contribution in [0.3, 0.4) is 0 Å². The Balaban J connectivity index is 2.45. The minimum Gasteiger partial charge on any atom is -0.505 e. The van der Waals surface area contributed by atoms with Crippen LogP contribution in [0.25, 0.3) is 0 Å². The molecule has 0 bridgehead atoms. The third-order valence-electron chi connectivity index (χ3n) is 3.47. The van der Waals surface area contributed by atoms with E-state index in [0.29, 0.717) is 25.3 Å². The van der Waals surface area contributed by atoms with E-state index in [1.807, 2.05) is 13.8 Å². The number of rotatable bonds is 8. The summed E-state index contributed by atoms with van der Waals surface area (Å²) in [6, 6.07) is 2.96. The van der Waals surface area contributed by atoms with Crippen LogP contribution < -0.4 is 5.32 Å². The second kappa shape index (κ2) is 8.24. The molecule has 1 aromatic heterocycles. The summed E-state index contributed by atoms with van der Waals surface area (Å²) in [5.74, 6) is -0.790. The molecule has 1 amide bonds. The maximum atomic E-state index is 11.9. The van der Waals surface area contributed by atoms with Crippen LogP contribution in [-0.4, -0.2) is 33.6 Å². The molecular formula is C15H22N2O4. The van der Waals surface area contributed by atoms with Gasteiger partial charge in [0.15, 0.2) is 5.69 Å². The summed E-state index contributed by atoms with van der Waals surface area (Å²) < 4.78 is 0. The van der Waals surface area contributed by atoms with Crippen molar-refractivity contribution in [1.29, 1.82) is 0 Å². The maximum absolute atomic E-state index is 11.9. The van der Waals surface area contributed by atoms with Crippen LogP contribution in [0.15, 0.2) is 18.3 Å². The predicted octanol–water partition coefficient (Wildman–Crippen LogP) is 2.04. The molecule has 0 aliphatic heterocycles. The van der Waals surface area contributed by atoms with Crippen molar-refractivity contribution >= 4 is 11.9 Å². The topological polar surface area (TPSA) is 99.5 Å². The Labute approximate surface area is 124 Å². The first-order valence-corrected chi connectivity index (χ1v) is 7.05. The number of carbonyl (C=O) groups excluding carboxylic acids is 1. The molecule has 6 heteroatoms. The molecule has 1 atom stereocenters. The second-order valence-corrected chi connectivity index (χ2v) is 5.35. The summed E-state index contributed by atoms with van der Waals surface area (Å²) in [5, 5.41) is 21.0. The Bertz CT molecular complexity index is 488. The Morgan fingerprint density at radius 1 is 1.33 bits per heavy atom. The van der Waals surface area contributed by atoms with E-state index in [4.69, 9.17) is 5.11 Å². The highest BCUT2D eigenvalue weighted by molar-refractivity contribution is 5.94. The molecule has 0 aliphatic rings. The number of aliphatic carboxylic acids is 1. The van der Waals surface area contributed by atoms with Gasteiger partial charge in [0, 0.05) is 19.2 Å². The van der Waals surface area contributed by atoms with Crippen LogP contribution in [0.2, 0.25) is 0 Å². The summed E-state index contributed by atoms with van der Waals surface area (Å²) in [6.45, 7) is 4.51. The van der Waals surface area contributed by atoms with Crippen LogP contribution >= 0.6 is 0 Å². The average Bonchev–Trinajstić information content (AvgIpc) is 2.42. The van der Waals surface area contributed by atoms with Crippen molar-refractivity contribution in [2.45, 2.75) is 33.1 Å². The first kappa shape index (κ1) is 16.9. The molecule has 0 aliphatic carbocycles. The van der Waals surface area contributed by atoms with Crippen LogP contribution in [0.1, 0.15) is 43.6 Å². The molecule has 1 heterocycles. The first-order valence-electron chi connectivity index (χ1n) is 7.05. The van der Waals surface area contributed by atoms with Gasteiger partial charge in [0.05, 0.1) is 0 Å². The highest BCUT2D eigenvalue weighted by Crippen LogP contribution is 2.20. The highest BCUT2D eigenvalue weighted by Gasteiger charge is 2.16. The fourth-order valence-corrected chi connectivity index (χ4v) is 2.15. The van der Waals surface area contributed by atoms with Crippen molar-refractivity contribution in [3.8, 4) is 5.75 Å². The number of nitrogens with one attached hydrogen (secondary N) is 1. The SMILES string of the molecule is CC(C)C(CCNC(=O)c1ncccc1O)CCC(=O)O. The fraction of sp³-hybridized carbons (Fsp3) is 0.533. The molecule has 0 aromatic carbocycles. The van der Waals surface area contributed by atoms with Crippen molar-refractivity contribution in [3.05, 3.63) is 24.0 Å². The lowest BCUT2D eigenvalue weighted by Gasteiger charge is -2.20. The molecule has 0 saturated carbocycles. The minimum absolute atomic E-state index is 0.00383. The molecule has 6 nitrogen and oxygen atoms in total. The first-order chi connectivity index (χ1) is 9.91. The number of nitrogens with zero attached hydrogens (tertiary/aromatic N) is 1. The third-order valence-corrected chi connectivity index (χ3v) is 3.47. The van der Waals surface area contributed by atoms with Gasteiger partial charge >= 0.3 is 5.97 Å². The molecule has 0 spiro atoms. The van der Waals surface area contributed by atoms with E-state index in [0.717, 1.165) is 0 Å². The normalized spacial score (nSPS) is 12.1. The fourth-order valence-electron chi connectivity index (χ4n) is 2.15. The number of pyridine rings is 1. The number of amides is 1. The van der Waals surface area contributed by atoms with E-state index in [1.54, 1.807) is 6.07 Å². The van der Waals surface area contributed by atoms with E-state index in [9.17, 15) is 14.7 Å². The van der Waals surface area contributed by atoms with Gasteiger partial charge in [-0.2, -0.15) is 0 Å². The van der Waals surface area contributed by atoms with E-state index in [1.165, 1.54) is 12.3 Å². The van der Waals surface area contributed by atoms with Gasteiger partial charge in [0.1, 0.15) is 5.75 Å². The van der Waals surface area contributed by atoms with E-state index in [2.05, 4.69) is 10.3 Å². The van der Waals surface area contributed by atoms with Gasteiger partial charge in [-0.05, 0) is 36.8 Å². The number of carbonyl (C=O) groups is 2. The lowest BCUT2D eigenvalue weighted by Crippen LogP contribution is -2.28. The lowest BCUT2D eigenvalue weighted by molar-refractivity contribution is -0.137. The van der Waals surface area contributed by atoms with Crippen molar-refractivity contribution in [1.82, 2.24) is 10.3 Å². The van der Waals surface area contributed by atoms with Crippen molar-refractivity contribution < 1.29 is 19.8 Å². The Morgan fingerprint density at radius 2 is 2.05 bits per heavy atom. The van der Waals surface area contributed by atoms with Gasteiger partial charge in [-0.15, -0.1) is 0 Å². The van der Waals surface area contributed by atoms with Crippen LogP contribution in [-0.2, 0) is 4.79 Å². The molecule has 1 rings (SSSR count). The van der Waals surface area contributed by atoms with Gasteiger partial charge in [0.25, 0.3) is 5.91 Å². The zero-order chi connectivity index (χ0) is 15.8. The quantitative estimate of drug-likeness (QED) is 0.681. The second-order valence-electron chi connectivity index (χ2n) is 5.35. The molecule has 3 N–H and O–H groups in total. The Morgan fingerprint density at radius 3 is 2.62 bits per heavy atom. The van der Waals surface area contributed by atoms with Crippen molar-refractivity contribution in [2.75, 3.05) is 6.54 Å². The molecular weight excluding hydrogens is 272 g/mol. The summed E-state index contributed by atoms with van der Waals surface area (Å²) in [5.41, 5.74) is 0.00383. The zero-order valence-corrected chi connectivity index (χ0v) is 12.4. The molecule has 0 radical (unpaired) electrons. The van der Waals surface area contributed by atoms with Crippen LogP contribution in [0, 0.1) is 11.8 Å². The van der Waals surface area contributed by atoms with Gasteiger partial charge < -0.3 is 15.5 Å². The number of aromatic nitrogens is 1. The summed E-state index contributed by atoms with van der Waals surface area (Å²) in [4.78, 5) is 26.3. The summed E-state index contributed by atoms with van der Waals surface area (Å²) >= 11 is 0. The van der Waals surface area contributed by atoms with Crippen molar-refractivity contribution in [3.63, 3.8) is 0 Å². The molecule has 1 aromatic rings. The van der Waals surface area contributed by atoms with Gasteiger partial charge in [-0.3, -0.25) is 9.59 Å². The van der Waals surface area contributed by atoms with E-state index >= 15 is 0 Å². The van der Waals surface area contributed by atoms with Crippen LogP contribution in [0.5, 0.6) is 5.75 Å². The van der Waals surface area contributed by atoms with E-state index < -0.39 is 11.9 Å². The monoisotopic (exact) mass is 294 g/mol. The molecule has 21 heavy (non-hydrogen) atoms. The smallest absolute Gasteiger partial charge is 0.303 e. The predicted molar refractivity (Wildman–Crippen MR) is 78.0 cm³/mol. The summed E-state index contributed by atoms with van der Waals surface area (Å²) in [7, 11) is 0. The van der Waals surface area contributed by atoms with E-state index in [-0.39, 0.29) is 23.8 Å². The number of aromatic hydroxyl groups is 1. The minimum atomic E-state index is -0.803. The molecule has 116 valence electrons. The standard InChI is InChI=1S/C15H22N2O4/c1-10(2)11(5-6-13(19)20)7-9-17-15(21)14-12(18)4-3-8-16-14/h3-4,8,10-11,18H,5-7,9H2,1-2H3,(H,17,21)(H,19,20). The van der Waals surface area contributed by atoms with Crippen LogP contribution in [0.4, 0.5) is 0 Å². The zero-order valence-electron chi connectivity index (χ0n) is 12.4. The number of hydrogen-bond donors (Lipinski definition) is 3. The maximum Gasteiger partial charge on any atom is 0.303 e. The number of carboxylic acids is 1. The number of hydrogen-bond acceptors (Lipinski definition) is 4. The third kappa shape index (κ3) is 5.81. The molecule has 0 fully saturated rings. The largest absolute Gasteiger partial charge is 0.505 e. The molecule has 1 unspecified atom stereocenters. The van der Waals surface area contributed by atoms with Gasteiger partial charge in [-0.25, -0.2) is 4.98 Å². The highest BCUT2D eigenvalue weighted by atomic mass is 16.4. The lowest BCUT2D eigenvalue weighted by atomic mass is 9.88. The Kier molecular flexibility index (Phi) is 6.65. The van der Waals surface area contributed by atoms with Crippen molar-refractivity contribution in [2.24, 2.45) is 11.8 Å². The summed E-state index contributed by atoms with van der Waals surface area (Å²) in [6.07, 6.45) is 2.87. The average molecular weight is 294 g/mol. The molecule has 0 saturated heterocycles. The van der Waals surface area contributed by atoms with Gasteiger partial charge in [0.2, 0.25) is 0 Å².